The van der Waals surface area contributed by atoms with Gasteiger partial charge in [-0.1, -0.05) is 30.3 Å². The molecule has 1 aliphatic heterocycles. The highest BCUT2D eigenvalue weighted by atomic mass is 15.3. The van der Waals surface area contributed by atoms with E-state index < -0.39 is 0 Å². The van der Waals surface area contributed by atoms with Gasteiger partial charge in [-0.3, -0.25) is 5.41 Å². The van der Waals surface area contributed by atoms with E-state index in [1.54, 1.807) is 0 Å². The maximum absolute atomic E-state index is 8.69. The summed E-state index contributed by atoms with van der Waals surface area (Å²) < 4.78 is 0. The van der Waals surface area contributed by atoms with E-state index in [2.05, 4.69) is 15.2 Å². The van der Waals surface area contributed by atoms with Crippen molar-refractivity contribution >= 4 is 17.5 Å². The van der Waals surface area contributed by atoms with E-state index >= 15 is 0 Å². The summed E-state index contributed by atoms with van der Waals surface area (Å²) in [6.45, 7) is 2.89. The quantitative estimate of drug-likeness (QED) is 0.670. The average Bonchev–Trinajstić information content (AvgIpc) is 3.28. The molecule has 2 aromatic rings. The largest absolute Gasteiger partial charge is 0.369 e. The fourth-order valence-electron chi connectivity index (χ4n) is 4.15. The second-order valence-corrected chi connectivity index (χ2v) is 8.03. The molecule has 148 valence electrons. The van der Waals surface area contributed by atoms with Crippen molar-refractivity contribution in [3.05, 3.63) is 47.7 Å². The van der Waals surface area contributed by atoms with Gasteiger partial charge in [0.05, 0.1) is 11.3 Å². The predicted octanol–water partition coefficient (Wildman–Crippen LogP) is 3.42. The smallest absolute Gasteiger partial charge is 0.227 e. The molecule has 28 heavy (non-hydrogen) atoms. The van der Waals surface area contributed by atoms with E-state index in [4.69, 9.17) is 16.1 Å². The maximum atomic E-state index is 8.69. The van der Waals surface area contributed by atoms with Crippen LogP contribution in [0.15, 0.2) is 36.5 Å². The molecular weight excluding hydrogens is 348 g/mol. The maximum Gasteiger partial charge on any atom is 0.227 e. The van der Waals surface area contributed by atoms with Gasteiger partial charge in [0, 0.05) is 37.4 Å². The van der Waals surface area contributed by atoms with Crippen LogP contribution >= 0.6 is 0 Å². The molecule has 1 aromatic carbocycles. The molecule has 0 radical (unpaired) electrons. The zero-order valence-corrected chi connectivity index (χ0v) is 16.4. The number of nitrogens with two attached hydrogens (primary N) is 1. The predicted molar refractivity (Wildman–Crippen MR) is 114 cm³/mol. The first-order chi connectivity index (χ1) is 13.7. The molecule has 4 rings (SSSR count). The molecule has 0 bridgehead atoms. The Balaban J connectivity index is 1.56. The molecule has 2 aliphatic rings. The van der Waals surface area contributed by atoms with Crippen LogP contribution < -0.4 is 16.0 Å². The number of nitrogens with one attached hydrogen (secondary N) is 2. The molecule has 4 N–H and O–H groups in total. The highest BCUT2D eigenvalue weighted by Crippen LogP contribution is 2.26. The lowest BCUT2D eigenvalue weighted by molar-refractivity contribution is 0.338. The van der Waals surface area contributed by atoms with Gasteiger partial charge in [-0.25, -0.2) is 4.98 Å². The summed E-state index contributed by atoms with van der Waals surface area (Å²) in [7, 11) is 0. The molecule has 0 amide bonds. The minimum absolute atomic E-state index is 0.360. The molecule has 1 saturated heterocycles. The van der Waals surface area contributed by atoms with Crippen molar-refractivity contribution in [3.8, 4) is 0 Å². The number of anilines is 2. The van der Waals surface area contributed by atoms with Gasteiger partial charge in [-0.2, -0.15) is 4.98 Å². The van der Waals surface area contributed by atoms with Crippen molar-refractivity contribution in [2.24, 2.45) is 11.7 Å². The second kappa shape index (κ2) is 8.69. The van der Waals surface area contributed by atoms with Crippen LogP contribution in [-0.4, -0.2) is 41.4 Å². The van der Waals surface area contributed by atoms with Crippen LogP contribution in [0.1, 0.15) is 49.7 Å². The third-order valence-corrected chi connectivity index (χ3v) is 5.95. The number of aromatic nitrogens is 2. The number of nitrogens with zero attached hydrogens (tertiary/aromatic N) is 3. The van der Waals surface area contributed by atoms with Crippen molar-refractivity contribution in [1.29, 1.82) is 5.41 Å². The first-order valence-corrected chi connectivity index (χ1v) is 10.5. The molecule has 0 spiro atoms. The van der Waals surface area contributed by atoms with Gasteiger partial charge >= 0.3 is 0 Å². The van der Waals surface area contributed by atoms with Crippen molar-refractivity contribution in [3.63, 3.8) is 0 Å². The van der Waals surface area contributed by atoms with Crippen LogP contribution in [0.2, 0.25) is 0 Å². The van der Waals surface area contributed by atoms with E-state index in [1.165, 1.54) is 12.8 Å². The normalized spacial score (nSPS) is 22.2. The SMILES string of the molecule is N=C(c1ccccc1)c1cnc(N2CCCC2)nc1NCC1CCC(N)CC1. The van der Waals surface area contributed by atoms with Crippen molar-refractivity contribution in [2.45, 2.75) is 44.6 Å². The van der Waals surface area contributed by atoms with E-state index in [0.29, 0.717) is 17.7 Å². The highest BCUT2D eigenvalue weighted by Gasteiger charge is 2.21. The van der Waals surface area contributed by atoms with E-state index in [-0.39, 0.29) is 0 Å². The fourth-order valence-corrected chi connectivity index (χ4v) is 4.15. The third-order valence-electron chi connectivity index (χ3n) is 5.95. The number of hydrogen-bond donors (Lipinski definition) is 3. The van der Waals surface area contributed by atoms with Crippen molar-refractivity contribution in [1.82, 2.24) is 9.97 Å². The minimum Gasteiger partial charge on any atom is -0.369 e. The zero-order valence-electron chi connectivity index (χ0n) is 16.4. The Kier molecular flexibility index (Phi) is 5.86. The summed E-state index contributed by atoms with van der Waals surface area (Å²) in [6.07, 6.45) is 8.71. The van der Waals surface area contributed by atoms with Gasteiger partial charge < -0.3 is 16.0 Å². The summed E-state index contributed by atoms with van der Waals surface area (Å²) in [6, 6.07) is 10.2. The van der Waals surface area contributed by atoms with Crippen molar-refractivity contribution in [2.75, 3.05) is 29.9 Å². The Morgan fingerprint density at radius 3 is 2.54 bits per heavy atom. The first kappa shape index (κ1) is 18.9. The standard InChI is InChI=1S/C22H30N6/c23-18-10-8-16(9-11-18)14-25-21-19(20(24)17-6-2-1-3-7-17)15-26-22(27-21)28-12-4-5-13-28/h1-3,6-7,15-16,18,24H,4-5,8-14,23H2,(H,25,26,27). The molecule has 0 unspecified atom stereocenters. The first-order valence-electron chi connectivity index (χ1n) is 10.5. The summed E-state index contributed by atoms with van der Waals surface area (Å²) in [5.74, 6) is 2.17. The minimum atomic E-state index is 0.360. The van der Waals surface area contributed by atoms with Crippen LogP contribution in [0.25, 0.3) is 0 Å². The zero-order chi connectivity index (χ0) is 19.3. The molecule has 1 aliphatic carbocycles. The highest BCUT2D eigenvalue weighted by molar-refractivity contribution is 6.13. The van der Waals surface area contributed by atoms with E-state index in [9.17, 15) is 0 Å². The molecule has 2 fully saturated rings. The van der Waals surface area contributed by atoms with Crippen LogP contribution in [0.3, 0.4) is 0 Å². The van der Waals surface area contributed by atoms with Gasteiger partial charge in [-0.15, -0.1) is 0 Å². The Morgan fingerprint density at radius 1 is 1.11 bits per heavy atom. The summed E-state index contributed by atoms with van der Waals surface area (Å²) >= 11 is 0. The Hall–Kier alpha value is -2.47. The summed E-state index contributed by atoms with van der Waals surface area (Å²) in [5, 5.41) is 12.2. The molecule has 2 heterocycles. The van der Waals surface area contributed by atoms with Crippen LogP contribution in [0.4, 0.5) is 11.8 Å². The topological polar surface area (TPSA) is 90.9 Å². The Morgan fingerprint density at radius 2 is 1.82 bits per heavy atom. The van der Waals surface area contributed by atoms with Crippen molar-refractivity contribution < 1.29 is 0 Å². The summed E-state index contributed by atoms with van der Waals surface area (Å²) in [5.41, 5.74) is 8.15. The second-order valence-electron chi connectivity index (χ2n) is 8.03. The molecule has 6 nitrogen and oxygen atoms in total. The Labute approximate surface area is 167 Å². The van der Waals surface area contributed by atoms with Crippen LogP contribution in [0.5, 0.6) is 0 Å². The monoisotopic (exact) mass is 378 g/mol. The number of rotatable bonds is 6. The molecule has 0 atom stereocenters. The lowest BCUT2D eigenvalue weighted by Gasteiger charge is -2.27. The average molecular weight is 379 g/mol. The van der Waals surface area contributed by atoms with Gasteiger partial charge in [0.25, 0.3) is 0 Å². The van der Waals surface area contributed by atoms with Crippen LogP contribution in [-0.2, 0) is 0 Å². The number of benzene rings is 1. The fraction of sp³-hybridized carbons (Fsp3) is 0.500. The lowest BCUT2D eigenvalue weighted by atomic mass is 9.86. The third kappa shape index (κ3) is 4.33. The summed E-state index contributed by atoms with van der Waals surface area (Å²) in [4.78, 5) is 11.7. The molecule has 6 heteroatoms. The van der Waals surface area contributed by atoms with Gasteiger partial charge in [0.1, 0.15) is 5.82 Å². The van der Waals surface area contributed by atoms with E-state index in [1.807, 2.05) is 36.5 Å². The number of hydrogen-bond acceptors (Lipinski definition) is 6. The van der Waals surface area contributed by atoms with E-state index in [0.717, 1.165) is 68.2 Å². The van der Waals surface area contributed by atoms with Gasteiger partial charge in [-0.05, 0) is 44.4 Å². The van der Waals surface area contributed by atoms with Crippen LogP contribution in [0, 0.1) is 11.3 Å². The molecule has 1 aromatic heterocycles. The molecular formula is C22H30N6. The lowest BCUT2D eigenvalue weighted by Crippen LogP contribution is -2.29. The molecule has 1 saturated carbocycles. The Bertz CT molecular complexity index is 792. The van der Waals surface area contributed by atoms with Gasteiger partial charge in [0.15, 0.2) is 0 Å². The van der Waals surface area contributed by atoms with Gasteiger partial charge in [0.2, 0.25) is 5.95 Å².